The fourth-order valence-corrected chi connectivity index (χ4v) is 9.49. The number of para-hydroxylation sites is 1. The van der Waals surface area contributed by atoms with Crippen LogP contribution in [-0.4, -0.2) is 15.0 Å². The van der Waals surface area contributed by atoms with Gasteiger partial charge in [0.15, 0.2) is 17.5 Å². The topological polar surface area (TPSA) is 47.9 Å². The molecule has 1 aromatic heterocycles. The van der Waals surface area contributed by atoms with Gasteiger partial charge in [-0.1, -0.05) is 164 Å². The Morgan fingerprint density at radius 1 is 0.421 bits per heavy atom. The fraction of sp³-hybridized carbons (Fsp3) is 0.0377. The SMILES string of the molecule is C1=Cc2cc(-c3nc(-c4ccccc4)nc(-c4ccc(-c5ccc6c(c5)Oc5ccccc5C65c6ccccc6-c6ccccc65)cc4)n3)cc3cccc(c23)C1. The number of hydrogen-bond acceptors (Lipinski definition) is 4. The predicted octanol–water partition coefficient (Wildman–Crippen LogP) is 12.7. The van der Waals surface area contributed by atoms with Crippen molar-refractivity contribution in [3.63, 3.8) is 0 Å². The van der Waals surface area contributed by atoms with Crippen molar-refractivity contribution in [1.82, 2.24) is 15.0 Å². The molecule has 0 unspecified atom stereocenters. The quantitative estimate of drug-likeness (QED) is 0.181. The van der Waals surface area contributed by atoms with Crippen molar-refractivity contribution in [1.29, 1.82) is 0 Å². The summed E-state index contributed by atoms with van der Waals surface area (Å²) in [7, 11) is 0. The lowest BCUT2D eigenvalue weighted by Gasteiger charge is -2.39. The van der Waals surface area contributed by atoms with E-state index in [9.17, 15) is 0 Å². The number of nitrogens with zero attached hydrogens (tertiary/aromatic N) is 3. The number of hydrogen-bond donors (Lipinski definition) is 0. The molecular formula is C53H33N3O. The first-order valence-corrected chi connectivity index (χ1v) is 19.5. The maximum Gasteiger partial charge on any atom is 0.164 e. The van der Waals surface area contributed by atoms with Crippen molar-refractivity contribution in [3.05, 3.63) is 215 Å². The van der Waals surface area contributed by atoms with Gasteiger partial charge in [-0.3, -0.25) is 0 Å². The maximum atomic E-state index is 6.78. The van der Waals surface area contributed by atoms with Gasteiger partial charge < -0.3 is 4.74 Å². The van der Waals surface area contributed by atoms with E-state index in [1.165, 1.54) is 49.7 Å². The van der Waals surface area contributed by atoms with Crippen molar-refractivity contribution in [2.75, 3.05) is 0 Å². The number of allylic oxidation sites excluding steroid dienone is 1. The first-order chi connectivity index (χ1) is 28.2. The van der Waals surface area contributed by atoms with Gasteiger partial charge in [0.25, 0.3) is 0 Å². The van der Waals surface area contributed by atoms with Gasteiger partial charge in [0.05, 0.1) is 5.41 Å². The molecule has 0 radical (unpaired) electrons. The molecule has 1 spiro atoms. The molecule has 12 rings (SSSR count). The van der Waals surface area contributed by atoms with Crippen LogP contribution in [0.4, 0.5) is 0 Å². The van der Waals surface area contributed by atoms with Gasteiger partial charge >= 0.3 is 0 Å². The molecule has 0 saturated carbocycles. The Morgan fingerprint density at radius 3 is 1.77 bits per heavy atom. The third kappa shape index (κ3) is 4.77. The minimum Gasteiger partial charge on any atom is -0.457 e. The van der Waals surface area contributed by atoms with Gasteiger partial charge in [0, 0.05) is 27.8 Å². The van der Waals surface area contributed by atoms with Crippen LogP contribution in [0.25, 0.3) is 73.3 Å². The van der Waals surface area contributed by atoms with Gasteiger partial charge in [0.2, 0.25) is 0 Å². The highest BCUT2D eigenvalue weighted by Crippen LogP contribution is 2.62. The van der Waals surface area contributed by atoms with E-state index >= 15 is 0 Å². The van der Waals surface area contributed by atoms with E-state index in [-0.39, 0.29) is 0 Å². The molecule has 266 valence electrons. The molecule has 0 atom stereocenters. The Kier molecular flexibility index (Phi) is 6.87. The molecule has 1 aliphatic heterocycles. The molecular weight excluding hydrogens is 695 g/mol. The first-order valence-electron chi connectivity index (χ1n) is 19.5. The summed E-state index contributed by atoms with van der Waals surface area (Å²) >= 11 is 0. The van der Waals surface area contributed by atoms with Gasteiger partial charge in [-0.15, -0.1) is 0 Å². The van der Waals surface area contributed by atoms with Crippen LogP contribution in [0.15, 0.2) is 182 Å². The van der Waals surface area contributed by atoms with Crippen LogP contribution in [0.3, 0.4) is 0 Å². The van der Waals surface area contributed by atoms with Gasteiger partial charge in [-0.05, 0) is 86.0 Å². The summed E-state index contributed by atoms with van der Waals surface area (Å²) in [6, 6.07) is 62.5. The zero-order chi connectivity index (χ0) is 37.5. The minimum absolute atomic E-state index is 0.478. The van der Waals surface area contributed by atoms with E-state index in [4.69, 9.17) is 19.7 Å². The van der Waals surface area contributed by atoms with Crippen LogP contribution in [0, 0.1) is 0 Å². The number of aromatic nitrogens is 3. The fourth-order valence-electron chi connectivity index (χ4n) is 9.49. The van der Waals surface area contributed by atoms with E-state index in [2.05, 4.69) is 170 Å². The smallest absolute Gasteiger partial charge is 0.164 e. The normalized spacial score (nSPS) is 13.8. The lowest BCUT2D eigenvalue weighted by molar-refractivity contribution is 0.436. The monoisotopic (exact) mass is 727 g/mol. The highest BCUT2D eigenvalue weighted by molar-refractivity contribution is 5.98. The van der Waals surface area contributed by atoms with Crippen molar-refractivity contribution >= 4 is 16.8 Å². The van der Waals surface area contributed by atoms with Crippen LogP contribution in [0.1, 0.15) is 33.4 Å². The Morgan fingerprint density at radius 2 is 1.02 bits per heavy atom. The van der Waals surface area contributed by atoms with Crippen molar-refractivity contribution < 1.29 is 4.74 Å². The molecule has 3 aliphatic rings. The molecule has 0 fully saturated rings. The summed E-state index contributed by atoms with van der Waals surface area (Å²) in [6.45, 7) is 0. The first kappa shape index (κ1) is 31.9. The molecule has 57 heavy (non-hydrogen) atoms. The molecule has 2 aliphatic carbocycles. The van der Waals surface area contributed by atoms with Crippen LogP contribution in [0.5, 0.6) is 11.5 Å². The Bertz CT molecular complexity index is 3080. The van der Waals surface area contributed by atoms with Crippen LogP contribution in [0.2, 0.25) is 0 Å². The minimum atomic E-state index is -0.478. The second kappa shape index (κ2) is 12.3. The average molecular weight is 728 g/mol. The van der Waals surface area contributed by atoms with Gasteiger partial charge in [-0.2, -0.15) is 0 Å². The Hall–Kier alpha value is -7.43. The second-order valence-electron chi connectivity index (χ2n) is 15.1. The van der Waals surface area contributed by atoms with Crippen molar-refractivity contribution in [2.24, 2.45) is 0 Å². The Labute approximate surface area is 330 Å². The molecule has 9 aromatic rings. The lowest BCUT2D eigenvalue weighted by atomic mass is 9.66. The molecule has 4 nitrogen and oxygen atoms in total. The van der Waals surface area contributed by atoms with Crippen LogP contribution < -0.4 is 4.74 Å². The number of rotatable bonds is 4. The third-order valence-electron chi connectivity index (χ3n) is 12.0. The van der Waals surface area contributed by atoms with E-state index in [1.807, 2.05) is 18.2 Å². The zero-order valence-corrected chi connectivity index (χ0v) is 30.9. The molecule has 0 N–H and O–H groups in total. The molecule has 2 heterocycles. The summed E-state index contributed by atoms with van der Waals surface area (Å²) in [6.07, 6.45) is 5.40. The van der Waals surface area contributed by atoms with E-state index in [0.717, 1.165) is 51.3 Å². The summed E-state index contributed by atoms with van der Waals surface area (Å²) < 4.78 is 6.78. The van der Waals surface area contributed by atoms with Crippen molar-refractivity contribution in [2.45, 2.75) is 11.8 Å². The number of fused-ring (bicyclic) bond motifs is 9. The standard InChI is InChI=1S/C53H33N3O/c1-2-12-35(13-3-1)50-54-51(56-52(55-50)40-30-38-16-10-14-34-15-11-17-39(31-40)49(34)38)36-26-24-33(25-27-36)37-28-29-46-48(32-37)57-47-23-9-8-22-45(47)53(46)43-20-6-4-18-41(43)42-19-5-7-21-44(42)53/h1-14,16-32H,15H2. The van der Waals surface area contributed by atoms with Gasteiger partial charge in [0.1, 0.15) is 11.5 Å². The predicted molar refractivity (Wildman–Crippen MR) is 229 cm³/mol. The van der Waals surface area contributed by atoms with E-state index < -0.39 is 5.41 Å². The Balaban J connectivity index is 0.962. The van der Waals surface area contributed by atoms with E-state index in [1.54, 1.807) is 0 Å². The molecule has 4 heteroatoms. The summed E-state index contributed by atoms with van der Waals surface area (Å²) in [5.74, 6) is 3.69. The number of benzene rings is 8. The zero-order valence-electron chi connectivity index (χ0n) is 30.9. The third-order valence-corrected chi connectivity index (χ3v) is 12.0. The average Bonchev–Trinajstić information content (AvgIpc) is 3.57. The van der Waals surface area contributed by atoms with Crippen molar-refractivity contribution in [3.8, 4) is 67.9 Å². The summed E-state index contributed by atoms with van der Waals surface area (Å²) in [4.78, 5) is 15.2. The maximum absolute atomic E-state index is 6.78. The van der Waals surface area contributed by atoms with Crippen LogP contribution >= 0.6 is 0 Å². The molecule has 8 aromatic carbocycles. The number of ether oxygens (including phenoxy) is 1. The lowest BCUT2D eigenvalue weighted by Crippen LogP contribution is -2.32. The van der Waals surface area contributed by atoms with E-state index in [0.29, 0.717) is 17.5 Å². The molecule has 0 amide bonds. The molecule has 0 bridgehead atoms. The second-order valence-corrected chi connectivity index (χ2v) is 15.1. The highest BCUT2D eigenvalue weighted by Gasteiger charge is 2.50. The largest absolute Gasteiger partial charge is 0.457 e. The highest BCUT2D eigenvalue weighted by atomic mass is 16.5. The van der Waals surface area contributed by atoms with Gasteiger partial charge in [-0.25, -0.2) is 15.0 Å². The summed E-state index contributed by atoms with van der Waals surface area (Å²) in [5, 5.41) is 2.50. The van der Waals surface area contributed by atoms with Crippen LogP contribution in [-0.2, 0) is 11.8 Å². The molecule has 0 saturated heterocycles. The summed E-state index contributed by atoms with van der Waals surface area (Å²) in [5.41, 5.74) is 14.5.